The third kappa shape index (κ3) is 5.49. The number of rotatable bonds is 6. The Hall–Kier alpha value is -1.10. The number of nitrogens with two attached hydrogens (primary N) is 1. The first kappa shape index (κ1) is 17.0. The molecule has 1 saturated carbocycles. The van der Waals surface area contributed by atoms with E-state index in [9.17, 15) is 9.59 Å². The Morgan fingerprint density at radius 1 is 1.35 bits per heavy atom. The molecular formula is C15H29N3O2. The van der Waals surface area contributed by atoms with Crippen molar-refractivity contribution in [3.05, 3.63) is 0 Å². The van der Waals surface area contributed by atoms with Gasteiger partial charge in [0.05, 0.1) is 5.54 Å². The van der Waals surface area contributed by atoms with E-state index >= 15 is 0 Å². The Morgan fingerprint density at radius 2 is 2.05 bits per heavy atom. The summed E-state index contributed by atoms with van der Waals surface area (Å²) in [6.07, 6.45) is 3.93. The lowest BCUT2D eigenvalue weighted by atomic mass is 9.76. The largest absolute Gasteiger partial charge is 0.356 e. The van der Waals surface area contributed by atoms with Gasteiger partial charge in [-0.25, -0.2) is 0 Å². The van der Waals surface area contributed by atoms with Gasteiger partial charge >= 0.3 is 0 Å². The highest BCUT2D eigenvalue weighted by molar-refractivity contribution is 5.86. The number of nitrogens with one attached hydrogen (secondary N) is 2. The van der Waals surface area contributed by atoms with E-state index in [4.69, 9.17) is 5.73 Å². The minimum absolute atomic E-state index is 0.0258. The summed E-state index contributed by atoms with van der Waals surface area (Å²) in [5.41, 5.74) is 5.45. The second kappa shape index (κ2) is 7.62. The van der Waals surface area contributed by atoms with Crippen molar-refractivity contribution in [3.63, 3.8) is 0 Å². The summed E-state index contributed by atoms with van der Waals surface area (Å²) in [5.74, 6) is 0.793. The van der Waals surface area contributed by atoms with Gasteiger partial charge in [-0.05, 0) is 24.7 Å². The molecule has 2 unspecified atom stereocenters. The quantitative estimate of drug-likeness (QED) is 0.684. The average Bonchev–Trinajstić information content (AvgIpc) is 2.36. The summed E-state index contributed by atoms with van der Waals surface area (Å²) >= 11 is 0. The van der Waals surface area contributed by atoms with Crippen molar-refractivity contribution in [2.75, 3.05) is 13.1 Å². The third-order valence-electron chi connectivity index (χ3n) is 3.83. The van der Waals surface area contributed by atoms with Gasteiger partial charge in [0.1, 0.15) is 0 Å². The SMILES string of the molecule is CC(C)CNC(=O)CCNC(=O)C1(N)CCCC(C)C1. The first-order valence-corrected chi connectivity index (χ1v) is 7.67. The molecule has 0 spiro atoms. The molecule has 0 aromatic heterocycles. The minimum Gasteiger partial charge on any atom is -0.356 e. The molecule has 1 rings (SSSR count). The predicted molar refractivity (Wildman–Crippen MR) is 80.0 cm³/mol. The molecule has 0 heterocycles. The highest BCUT2D eigenvalue weighted by Crippen LogP contribution is 2.30. The molecule has 5 nitrogen and oxygen atoms in total. The van der Waals surface area contributed by atoms with Gasteiger partial charge in [-0.1, -0.05) is 33.6 Å². The second-order valence-corrected chi connectivity index (χ2v) is 6.56. The molecule has 1 aliphatic rings. The molecule has 0 aliphatic heterocycles. The van der Waals surface area contributed by atoms with E-state index in [1.165, 1.54) is 0 Å². The molecule has 116 valence electrons. The van der Waals surface area contributed by atoms with Crippen LogP contribution in [0.4, 0.5) is 0 Å². The van der Waals surface area contributed by atoms with Gasteiger partial charge in [-0.15, -0.1) is 0 Å². The van der Waals surface area contributed by atoms with Crippen LogP contribution in [0.2, 0.25) is 0 Å². The molecule has 2 amide bonds. The zero-order valence-electron chi connectivity index (χ0n) is 13.0. The highest BCUT2D eigenvalue weighted by Gasteiger charge is 2.37. The van der Waals surface area contributed by atoms with Gasteiger partial charge in [-0.3, -0.25) is 9.59 Å². The fourth-order valence-corrected chi connectivity index (χ4v) is 2.67. The van der Waals surface area contributed by atoms with Crippen LogP contribution >= 0.6 is 0 Å². The Morgan fingerprint density at radius 3 is 2.65 bits per heavy atom. The predicted octanol–water partition coefficient (Wildman–Crippen LogP) is 1.17. The molecule has 20 heavy (non-hydrogen) atoms. The van der Waals surface area contributed by atoms with Crippen LogP contribution in [-0.4, -0.2) is 30.4 Å². The van der Waals surface area contributed by atoms with Crippen LogP contribution in [0, 0.1) is 11.8 Å². The van der Waals surface area contributed by atoms with Crippen molar-refractivity contribution in [2.45, 2.75) is 58.4 Å². The molecule has 2 atom stereocenters. The van der Waals surface area contributed by atoms with Crippen LogP contribution in [0.5, 0.6) is 0 Å². The van der Waals surface area contributed by atoms with E-state index in [1.807, 2.05) is 13.8 Å². The summed E-state index contributed by atoms with van der Waals surface area (Å²) < 4.78 is 0. The summed E-state index contributed by atoms with van der Waals surface area (Å²) in [5, 5.41) is 5.64. The average molecular weight is 283 g/mol. The number of amides is 2. The van der Waals surface area contributed by atoms with Crippen molar-refractivity contribution in [1.82, 2.24) is 10.6 Å². The van der Waals surface area contributed by atoms with Gasteiger partial charge in [-0.2, -0.15) is 0 Å². The van der Waals surface area contributed by atoms with Gasteiger partial charge in [0.2, 0.25) is 11.8 Å². The number of carbonyl (C=O) groups is 2. The van der Waals surface area contributed by atoms with Crippen LogP contribution in [-0.2, 0) is 9.59 Å². The maximum atomic E-state index is 12.1. The smallest absolute Gasteiger partial charge is 0.240 e. The van der Waals surface area contributed by atoms with E-state index in [1.54, 1.807) is 0 Å². The monoisotopic (exact) mass is 283 g/mol. The van der Waals surface area contributed by atoms with Crippen molar-refractivity contribution in [2.24, 2.45) is 17.6 Å². The molecule has 0 radical (unpaired) electrons. The number of carbonyl (C=O) groups excluding carboxylic acids is 2. The van der Waals surface area contributed by atoms with E-state index in [0.29, 0.717) is 31.3 Å². The topological polar surface area (TPSA) is 84.2 Å². The zero-order chi connectivity index (χ0) is 15.2. The van der Waals surface area contributed by atoms with Crippen molar-refractivity contribution < 1.29 is 9.59 Å². The number of hydrogen-bond donors (Lipinski definition) is 3. The van der Waals surface area contributed by atoms with Crippen LogP contribution in [0.25, 0.3) is 0 Å². The summed E-state index contributed by atoms with van der Waals surface area (Å²) in [7, 11) is 0. The van der Waals surface area contributed by atoms with Gasteiger partial charge < -0.3 is 16.4 Å². The molecule has 0 saturated heterocycles. The fourth-order valence-electron chi connectivity index (χ4n) is 2.67. The molecule has 5 heteroatoms. The van der Waals surface area contributed by atoms with Crippen LogP contribution in [0.3, 0.4) is 0 Å². The van der Waals surface area contributed by atoms with Gasteiger partial charge in [0.25, 0.3) is 0 Å². The first-order chi connectivity index (χ1) is 9.33. The van der Waals surface area contributed by atoms with E-state index in [2.05, 4.69) is 17.6 Å². The zero-order valence-corrected chi connectivity index (χ0v) is 13.0. The third-order valence-corrected chi connectivity index (χ3v) is 3.83. The molecule has 1 aliphatic carbocycles. The van der Waals surface area contributed by atoms with Crippen molar-refractivity contribution in [1.29, 1.82) is 0 Å². The summed E-state index contributed by atoms with van der Waals surface area (Å²) in [4.78, 5) is 23.7. The molecule has 0 aromatic carbocycles. The lowest BCUT2D eigenvalue weighted by Gasteiger charge is -2.35. The highest BCUT2D eigenvalue weighted by atomic mass is 16.2. The van der Waals surface area contributed by atoms with Gasteiger partial charge in [0, 0.05) is 19.5 Å². The van der Waals surface area contributed by atoms with Crippen LogP contribution < -0.4 is 16.4 Å². The number of hydrogen-bond acceptors (Lipinski definition) is 3. The summed E-state index contributed by atoms with van der Waals surface area (Å²) in [6, 6.07) is 0. The molecular weight excluding hydrogens is 254 g/mol. The fraction of sp³-hybridized carbons (Fsp3) is 0.867. The molecule has 0 aromatic rings. The first-order valence-electron chi connectivity index (χ1n) is 7.67. The van der Waals surface area contributed by atoms with Crippen molar-refractivity contribution >= 4 is 11.8 Å². The normalized spacial score (nSPS) is 26.4. The van der Waals surface area contributed by atoms with E-state index in [-0.39, 0.29) is 11.8 Å². The van der Waals surface area contributed by atoms with Crippen molar-refractivity contribution in [3.8, 4) is 0 Å². The van der Waals surface area contributed by atoms with Crippen LogP contribution in [0.1, 0.15) is 52.9 Å². The second-order valence-electron chi connectivity index (χ2n) is 6.56. The van der Waals surface area contributed by atoms with Crippen LogP contribution in [0.15, 0.2) is 0 Å². The molecule has 1 fully saturated rings. The minimum atomic E-state index is -0.744. The maximum Gasteiger partial charge on any atom is 0.240 e. The van der Waals surface area contributed by atoms with E-state index in [0.717, 1.165) is 25.7 Å². The summed E-state index contributed by atoms with van der Waals surface area (Å²) in [6.45, 7) is 7.25. The molecule has 0 bridgehead atoms. The molecule has 4 N–H and O–H groups in total. The Balaban J connectivity index is 2.27. The standard InChI is InChI=1S/C15H29N3O2/c1-11(2)10-18-13(19)6-8-17-14(20)15(16)7-4-5-12(3)9-15/h11-12H,4-10,16H2,1-3H3,(H,17,20)(H,18,19). The Labute approximate surface area is 122 Å². The lowest BCUT2D eigenvalue weighted by molar-refractivity contribution is -0.128. The maximum absolute atomic E-state index is 12.1. The Kier molecular flexibility index (Phi) is 6.46. The Bertz CT molecular complexity index is 344. The van der Waals surface area contributed by atoms with E-state index < -0.39 is 5.54 Å². The van der Waals surface area contributed by atoms with Gasteiger partial charge in [0.15, 0.2) is 0 Å². The lowest BCUT2D eigenvalue weighted by Crippen LogP contribution is -2.56.